The van der Waals surface area contributed by atoms with Gasteiger partial charge in [0, 0.05) is 12.6 Å². The molecule has 0 unspecified atom stereocenters. The van der Waals surface area contributed by atoms with Crippen molar-refractivity contribution in [3.63, 3.8) is 0 Å². The van der Waals surface area contributed by atoms with E-state index in [9.17, 15) is 9.59 Å². The minimum atomic E-state index is -0.521. The van der Waals surface area contributed by atoms with E-state index in [0.717, 1.165) is 42.4 Å². The molecule has 2 amide bonds. The summed E-state index contributed by atoms with van der Waals surface area (Å²) in [6, 6.07) is 13.0. The van der Waals surface area contributed by atoms with Crippen molar-refractivity contribution in [1.29, 1.82) is 0 Å². The first-order valence-corrected chi connectivity index (χ1v) is 12.2. The number of nitrogens with one attached hydrogen (secondary N) is 1. The van der Waals surface area contributed by atoms with Crippen molar-refractivity contribution < 1.29 is 9.59 Å². The summed E-state index contributed by atoms with van der Waals surface area (Å²) >= 11 is 12.2. The van der Waals surface area contributed by atoms with Crippen molar-refractivity contribution in [2.45, 2.75) is 77.4 Å². The van der Waals surface area contributed by atoms with Crippen LogP contribution in [0.5, 0.6) is 0 Å². The lowest BCUT2D eigenvalue weighted by Crippen LogP contribution is -2.51. The van der Waals surface area contributed by atoms with Crippen molar-refractivity contribution >= 4 is 35.0 Å². The molecule has 6 heteroatoms. The summed E-state index contributed by atoms with van der Waals surface area (Å²) in [5, 5.41) is 4.09. The number of aryl methyl sites for hydroxylation is 1. The number of amides is 2. The van der Waals surface area contributed by atoms with Crippen LogP contribution in [0, 0.1) is 6.92 Å². The second-order valence-corrected chi connectivity index (χ2v) is 9.52. The van der Waals surface area contributed by atoms with E-state index in [1.54, 1.807) is 23.1 Å². The van der Waals surface area contributed by atoms with Gasteiger partial charge in [0.1, 0.15) is 6.04 Å². The third kappa shape index (κ3) is 6.73. The van der Waals surface area contributed by atoms with E-state index < -0.39 is 6.04 Å². The molecule has 172 valence electrons. The highest BCUT2D eigenvalue weighted by Crippen LogP contribution is 2.24. The van der Waals surface area contributed by atoms with E-state index in [1.807, 2.05) is 32.0 Å². The maximum absolute atomic E-state index is 13.5. The largest absolute Gasteiger partial charge is 0.352 e. The predicted molar refractivity (Wildman–Crippen MR) is 131 cm³/mol. The fraction of sp³-hybridized carbons (Fsp3) is 0.462. The van der Waals surface area contributed by atoms with Crippen molar-refractivity contribution in [2.75, 3.05) is 0 Å². The Morgan fingerprint density at radius 2 is 1.78 bits per heavy atom. The monoisotopic (exact) mass is 474 g/mol. The van der Waals surface area contributed by atoms with E-state index in [2.05, 4.69) is 11.4 Å². The molecule has 0 aliphatic heterocycles. The zero-order chi connectivity index (χ0) is 23.1. The van der Waals surface area contributed by atoms with Gasteiger partial charge in [0.2, 0.25) is 11.8 Å². The number of carbonyl (C=O) groups is 2. The first-order valence-electron chi connectivity index (χ1n) is 11.5. The maximum Gasteiger partial charge on any atom is 0.243 e. The molecule has 1 aliphatic rings. The summed E-state index contributed by atoms with van der Waals surface area (Å²) in [4.78, 5) is 28.4. The molecule has 32 heavy (non-hydrogen) atoms. The van der Waals surface area contributed by atoms with Crippen LogP contribution in [-0.2, 0) is 22.6 Å². The minimum Gasteiger partial charge on any atom is -0.352 e. The second kappa shape index (κ2) is 11.7. The van der Waals surface area contributed by atoms with E-state index >= 15 is 0 Å². The summed E-state index contributed by atoms with van der Waals surface area (Å²) < 4.78 is 0. The van der Waals surface area contributed by atoms with Gasteiger partial charge in [0.05, 0.1) is 16.5 Å². The van der Waals surface area contributed by atoms with Crippen LogP contribution < -0.4 is 5.32 Å². The van der Waals surface area contributed by atoms with Crippen molar-refractivity contribution in [1.82, 2.24) is 10.2 Å². The maximum atomic E-state index is 13.5. The zero-order valence-corrected chi connectivity index (χ0v) is 20.4. The number of hydrogen-bond donors (Lipinski definition) is 1. The van der Waals surface area contributed by atoms with Crippen molar-refractivity contribution in [3.05, 3.63) is 69.2 Å². The third-order valence-electron chi connectivity index (χ3n) is 6.11. The Labute approximate surface area is 201 Å². The first-order chi connectivity index (χ1) is 15.4. The molecular formula is C26H32Cl2N2O2. The highest BCUT2D eigenvalue weighted by Gasteiger charge is 2.30. The van der Waals surface area contributed by atoms with Gasteiger partial charge in [-0.1, -0.05) is 85.3 Å². The Morgan fingerprint density at radius 3 is 2.44 bits per heavy atom. The Hall–Kier alpha value is -2.04. The molecule has 0 bridgehead atoms. The molecule has 2 aromatic carbocycles. The molecule has 2 aromatic rings. The summed E-state index contributed by atoms with van der Waals surface area (Å²) in [5.41, 5.74) is 2.91. The van der Waals surface area contributed by atoms with Gasteiger partial charge in [-0.2, -0.15) is 0 Å². The highest BCUT2D eigenvalue weighted by atomic mass is 35.5. The van der Waals surface area contributed by atoms with E-state index in [1.165, 1.54) is 6.42 Å². The van der Waals surface area contributed by atoms with E-state index in [0.29, 0.717) is 23.0 Å². The molecule has 1 aliphatic carbocycles. The Kier molecular flexibility index (Phi) is 9.01. The third-order valence-corrected chi connectivity index (χ3v) is 6.85. The lowest BCUT2D eigenvalue weighted by atomic mass is 9.95. The smallest absolute Gasteiger partial charge is 0.243 e. The van der Waals surface area contributed by atoms with Gasteiger partial charge in [-0.05, 0) is 49.4 Å². The average Bonchev–Trinajstić information content (AvgIpc) is 2.77. The average molecular weight is 475 g/mol. The molecule has 0 aromatic heterocycles. The quantitative estimate of drug-likeness (QED) is 0.502. The van der Waals surface area contributed by atoms with Crippen LogP contribution in [0.2, 0.25) is 10.0 Å². The fourth-order valence-corrected chi connectivity index (χ4v) is 4.72. The second-order valence-electron chi connectivity index (χ2n) is 8.70. The minimum absolute atomic E-state index is 0.0606. The fourth-order valence-electron chi connectivity index (χ4n) is 4.40. The number of hydrogen-bond acceptors (Lipinski definition) is 2. The molecule has 1 atom stereocenters. The Balaban J connectivity index is 1.82. The molecule has 0 saturated heterocycles. The van der Waals surface area contributed by atoms with E-state index in [-0.39, 0.29) is 24.3 Å². The van der Waals surface area contributed by atoms with Gasteiger partial charge in [-0.15, -0.1) is 0 Å². The molecule has 1 fully saturated rings. The van der Waals surface area contributed by atoms with Crippen LogP contribution in [0.1, 0.15) is 62.1 Å². The summed E-state index contributed by atoms with van der Waals surface area (Å²) in [5.74, 6) is -0.162. The van der Waals surface area contributed by atoms with Gasteiger partial charge in [0.15, 0.2) is 0 Å². The van der Waals surface area contributed by atoms with Gasteiger partial charge in [0.25, 0.3) is 0 Å². The summed E-state index contributed by atoms with van der Waals surface area (Å²) in [6.07, 6.45) is 6.25. The Morgan fingerprint density at radius 1 is 1.03 bits per heavy atom. The van der Waals surface area contributed by atoms with Crippen LogP contribution >= 0.6 is 23.2 Å². The van der Waals surface area contributed by atoms with Crippen LogP contribution in [-0.4, -0.2) is 28.8 Å². The normalized spacial score (nSPS) is 15.2. The topological polar surface area (TPSA) is 49.4 Å². The molecule has 1 saturated carbocycles. The SMILES string of the molecule is CC[C@H](C(=O)NC1CCCCC1)N(Cc1cccc(C)c1)C(=O)Cc1ccc(Cl)c(Cl)c1. The molecule has 1 N–H and O–H groups in total. The highest BCUT2D eigenvalue weighted by molar-refractivity contribution is 6.42. The van der Waals surface area contributed by atoms with Crippen LogP contribution in [0.25, 0.3) is 0 Å². The standard InChI is InChI=1S/C26H32Cl2N2O2/c1-3-24(26(32)29-21-10-5-4-6-11-21)30(17-20-9-7-8-18(2)14-20)25(31)16-19-12-13-22(27)23(28)15-19/h7-9,12-15,21,24H,3-6,10-11,16-17H2,1-2H3,(H,29,32)/t24-/m1/s1. The predicted octanol–water partition coefficient (Wildman–Crippen LogP) is 6.10. The summed E-state index contributed by atoms with van der Waals surface area (Å²) in [6.45, 7) is 4.37. The first kappa shape index (κ1) is 24.6. The zero-order valence-electron chi connectivity index (χ0n) is 18.9. The van der Waals surface area contributed by atoms with Gasteiger partial charge in [-0.25, -0.2) is 0 Å². The van der Waals surface area contributed by atoms with Crippen LogP contribution in [0.4, 0.5) is 0 Å². The number of nitrogens with zero attached hydrogens (tertiary/aromatic N) is 1. The Bertz CT molecular complexity index is 941. The van der Waals surface area contributed by atoms with E-state index in [4.69, 9.17) is 23.2 Å². The van der Waals surface area contributed by atoms with Gasteiger partial charge < -0.3 is 10.2 Å². The number of carbonyl (C=O) groups excluding carboxylic acids is 2. The molecule has 3 rings (SSSR count). The lowest BCUT2D eigenvalue weighted by molar-refractivity contribution is -0.141. The van der Waals surface area contributed by atoms with Crippen LogP contribution in [0.15, 0.2) is 42.5 Å². The van der Waals surface area contributed by atoms with Crippen LogP contribution in [0.3, 0.4) is 0 Å². The van der Waals surface area contributed by atoms with Crippen molar-refractivity contribution in [3.8, 4) is 0 Å². The number of benzene rings is 2. The molecular weight excluding hydrogens is 443 g/mol. The summed E-state index contributed by atoms with van der Waals surface area (Å²) in [7, 11) is 0. The molecule has 0 spiro atoms. The van der Waals surface area contributed by atoms with Gasteiger partial charge in [-0.3, -0.25) is 9.59 Å². The van der Waals surface area contributed by atoms with Gasteiger partial charge >= 0.3 is 0 Å². The molecule has 4 nitrogen and oxygen atoms in total. The molecule has 0 radical (unpaired) electrons. The lowest BCUT2D eigenvalue weighted by Gasteiger charge is -2.33. The number of halogens is 2. The van der Waals surface area contributed by atoms with Crippen molar-refractivity contribution in [2.24, 2.45) is 0 Å². The molecule has 0 heterocycles. The number of rotatable bonds is 8.